The number of carbonyl (C=O) groups is 2. The number of aryl methyl sites for hydroxylation is 1. The minimum Gasteiger partial charge on any atom is -0.444 e. The lowest BCUT2D eigenvalue weighted by Gasteiger charge is -2.32. The highest BCUT2D eigenvalue weighted by atomic mass is 32.2. The third-order valence-electron chi connectivity index (χ3n) is 10.7. The molecule has 0 fully saturated rings. The van der Waals surface area contributed by atoms with Crippen LogP contribution in [0.25, 0.3) is 0 Å². The maximum Gasteiger partial charge on any atom is 0.407 e. The molecule has 3 aromatic carbocycles. The van der Waals surface area contributed by atoms with Crippen LogP contribution in [0.15, 0.2) is 89.8 Å². The van der Waals surface area contributed by atoms with Crippen LogP contribution >= 0.6 is 0 Å². The van der Waals surface area contributed by atoms with Crippen LogP contribution in [0.2, 0.25) is 0 Å². The molecule has 0 aliphatic rings. The quantitative estimate of drug-likeness (QED) is 0.0592. The first-order chi connectivity index (χ1) is 31.1. The van der Waals surface area contributed by atoms with Crippen molar-refractivity contribution in [1.82, 2.24) is 20.3 Å². The smallest absolute Gasteiger partial charge is 0.407 e. The molecule has 0 radical (unpaired) electrons. The first-order valence-electron chi connectivity index (χ1n) is 23.0. The van der Waals surface area contributed by atoms with Crippen molar-refractivity contribution < 1.29 is 43.2 Å². The van der Waals surface area contributed by atoms with Crippen molar-refractivity contribution >= 4 is 22.2 Å². The van der Waals surface area contributed by atoms with Crippen LogP contribution in [0.5, 0.6) is 0 Å². The lowest BCUT2D eigenvalue weighted by Crippen LogP contribution is -2.52. The number of sulfonamides is 1. The summed E-state index contributed by atoms with van der Waals surface area (Å²) < 4.78 is 39.5. The van der Waals surface area contributed by atoms with Gasteiger partial charge in [-0.15, -0.1) is 0 Å². The van der Waals surface area contributed by atoms with Crippen LogP contribution in [-0.4, -0.2) is 102 Å². The van der Waals surface area contributed by atoms with Gasteiger partial charge in [-0.2, -0.15) is 14.8 Å². The van der Waals surface area contributed by atoms with Gasteiger partial charge in [-0.1, -0.05) is 105 Å². The molecule has 67 heavy (non-hydrogen) atoms. The third kappa shape index (κ3) is 24.5. The average Bonchev–Trinajstić information content (AvgIpc) is 3.25. The normalized spacial score (nSPS) is 14.2. The Morgan fingerprint density at radius 1 is 0.672 bits per heavy atom. The van der Waals surface area contributed by atoms with Crippen molar-refractivity contribution in [3.63, 3.8) is 0 Å². The SMILES string of the molecule is CCC(CCC#N)CN(CC(O)[C@H](Cc1ccccc1)NC(=O)OC(C)(C)C)S(=O)(=O)c1ccc(C)cc1.CCC(CCC#N)CNCC(O)[C@H](Cc1ccccc1)NC(=O)OC(C)(C)C.O. The van der Waals surface area contributed by atoms with Crippen molar-refractivity contribution in [2.75, 3.05) is 26.2 Å². The van der Waals surface area contributed by atoms with E-state index in [4.69, 9.17) is 20.0 Å². The molecule has 15 nitrogen and oxygen atoms in total. The van der Waals surface area contributed by atoms with Crippen LogP contribution in [0.3, 0.4) is 0 Å². The lowest BCUT2D eigenvalue weighted by molar-refractivity contribution is 0.0396. The summed E-state index contributed by atoms with van der Waals surface area (Å²) in [6.07, 6.45) is 1.49. The zero-order chi connectivity index (χ0) is 49.3. The molecule has 0 aromatic heterocycles. The summed E-state index contributed by atoms with van der Waals surface area (Å²) in [5.74, 6) is 0.340. The molecule has 16 heteroatoms. The molecule has 0 saturated heterocycles. The predicted molar refractivity (Wildman–Crippen MR) is 262 cm³/mol. The maximum absolute atomic E-state index is 13.7. The molecule has 2 amide bonds. The van der Waals surface area contributed by atoms with Gasteiger partial charge in [0, 0.05) is 32.5 Å². The molecule has 372 valence electrons. The summed E-state index contributed by atoms with van der Waals surface area (Å²) in [6, 6.07) is 28.7. The van der Waals surface area contributed by atoms with Crippen molar-refractivity contribution in [3.05, 3.63) is 102 Å². The Bertz CT molecular complexity index is 2050. The van der Waals surface area contributed by atoms with Gasteiger partial charge < -0.3 is 41.1 Å². The predicted octanol–water partition coefficient (Wildman–Crippen LogP) is 7.39. The minimum absolute atomic E-state index is 0. The van der Waals surface area contributed by atoms with Crippen molar-refractivity contribution in [3.8, 4) is 12.1 Å². The highest BCUT2D eigenvalue weighted by Gasteiger charge is 2.33. The van der Waals surface area contributed by atoms with E-state index in [9.17, 15) is 28.2 Å². The first kappa shape index (κ1) is 59.9. The molecule has 0 heterocycles. The number of nitriles is 2. The molecule has 0 aliphatic heterocycles. The van der Waals surface area contributed by atoms with Gasteiger partial charge in [-0.05, 0) is 116 Å². The summed E-state index contributed by atoms with van der Waals surface area (Å²) in [6.45, 7) is 17.6. The number of hydrogen-bond donors (Lipinski definition) is 5. The molecule has 4 unspecified atom stereocenters. The van der Waals surface area contributed by atoms with Crippen LogP contribution in [0.1, 0.15) is 111 Å². The van der Waals surface area contributed by atoms with Gasteiger partial charge in [0.15, 0.2) is 0 Å². The summed E-state index contributed by atoms with van der Waals surface area (Å²) in [7, 11) is -3.96. The largest absolute Gasteiger partial charge is 0.444 e. The Hall–Kier alpha value is -5.07. The maximum atomic E-state index is 13.7. The summed E-state index contributed by atoms with van der Waals surface area (Å²) in [5, 5.41) is 48.7. The molecule has 0 aliphatic carbocycles. The molecule has 0 saturated carbocycles. The second-order valence-electron chi connectivity index (χ2n) is 18.8. The molecule has 0 bridgehead atoms. The first-order valence-corrected chi connectivity index (χ1v) is 24.5. The number of ether oxygens (including phenoxy) is 2. The van der Waals surface area contributed by atoms with Gasteiger partial charge in [0.05, 0.1) is 41.3 Å². The fourth-order valence-electron chi connectivity index (χ4n) is 6.96. The molecule has 6 atom stereocenters. The molecule has 3 aromatic rings. The Labute approximate surface area is 400 Å². The van der Waals surface area contributed by atoms with E-state index in [1.54, 1.807) is 45.0 Å². The number of rotatable bonds is 24. The van der Waals surface area contributed by atoms with Gasteiger partial charge in [-0.25, -0.2) is 18.0 Å². The van der Waals surface area contributed by atoms with Gasteiger partial charge in [0.2, 0.25) is 10.0 Å². The van der Waals surface area contributed by atoms with Crippen LogP contribution in [-0.2, 0) is 32.3 Å². The van der Waals surface area contributed by atoms with Crippen molar-refractivity contribution in [2.45, 2.75) is 154 Å². The van der Waals surface area contributed by atoms with Crippen molar-refractivity contribution in [1.29, 1.82) is 10.5 Å². The van der Waals surface area contributed by atoms with E-state index in [1.165, 1.54) is 4.31 Å². The number of benzene rings is 3. The van der Waals surface area contributed by atoms with E-state index < -0.39 is 57.7 Å². The van der Waals surface area contributed by atoms with E-state index in [2.05, 4.69) is 35.0 Å². The van der Waals surface area contributed by atoms with Gasteiger partial charge in [0.25, 0.3) is 0 Å². The second-order valence-corrected chi connectivity index (χ2v) is 20.7. The zero-order valence-electron chi connectivity index (χ0n) is 41.1. The highest BCUT2D eigenvalue weighted by Crippen LogP contribution is 2.23. The number of hydrogen-bond acceptors (Lipinski definition) is 11. The molecule has 7 N–H and O–H groups in total. The van der Waals surface area contributed by atoms with E-state index >= 15 is 0 Å². The molecule has 0 spiro atoms. The van der Waals surface area contributed by atoms with Gasteiger partial charge in [0.1, 0.15) is 11.2 Å². The summed E-state index contributed by atoms with van der Waals surface area (Å²) in [4.78, 5) is 25.0. The second kappa shape index (κ2) is 30.3. The zero-order valence-corrected chi connectivity index (χ0v) is 41.9. The fraction of sp³-hybridized carbons (Fsp3) is 0.569. The van der Waals surface area contributed by atoms with E-state index in [1.807, 2.05) is 95.3 Å². The van der Waals surface area contributed by atoms with E-state index in [-0.39, 0.29) is 35.8 Å². The summed E-state index contributed by atoms with van der Waals surface area (Å²) >= 11 is 0. The van der Waals surface area contributed by atoms with Gasteiger partial charge in [-0.3, -0.25) is 0 Å². The van der Waals surface area contributed by atoms with Crippen molar-refractivity contribution in [2.24, 2.45) is 11.8 Å². The van der Waals surface area contributed by atoms with E-state index in [0.717, 1.165) is 36.1 Å². The van der Waals surface area contributed by atoms with Crippen LogP contribution in [0, 0.1) is 41.4 Å². The molecular weight excluding hydrogens is 873 g/mol. The number of amides is 2. The highest BCUT2D eigenvalue weighted by molar-refractivity contribution is 7.89. The standard InChI is InChI=1S/C29H41N3O5S.C22H35N3O3.H2O/c1-6-23(13-10-18-30)20-32(38(35,36)25-16-14-22(2)15-17-25)21-27(33)26(19-24-11-8-7-9-12-24)31-28(34)37-29(3,4)5;1-5-17(12-9-13-23)15-24-16-20(26)19(14-18-10-7-6-8-11-18)25-21(27)28-22(2,3)4;/h7-9,11-12,14-17,23,26-27,33H,6,10,13,19-21H2,1-5H3,(H,31,34);6-8,10-11,17,19-20,24,26H,5,9,12,14-16H2,1-4H3,(H,25,27);1H2/t23?,26-,27?;17?,19-,20?;/m00./s1. The number of aliphatic hydroxyl groups excluding tert-OH is 2. The number of carbonyl (C=O) groups excluding carboxylic acids is 2. The van der Waals surface area contributed by atoms with E-state index in [0.29, 0.717) is 44.6 Å². The molecular formula is C51H78N6O9S. The summed E-state index contributed by atoms with van der Waals surface area (Å²) in [5.41, 5.74) is 1.51. The number of nitrogens with zero attached hydrogens (tertiary/aromatic N) is 3. The number of alkyl carbamates (subject to hydrolysis) is 2. The third-order valence-corrected chi connectivity index (χ3v) is 12.6. The Morgan fingerprint density at radius 2 is 1.10 bits per heavy atom. The molecule has 3 rings (SSSR count). The lowest BCUT2D eigenvalue weighted by atomic mass is 9.99. The number of nitrogens with one attached hydrogen (secondary N) is 3. The Morgan fingerprint density at radius 3 is 1.52 bits per heavy atom. The fourth-order valence-corrected chi connectivity index (χ4v) is 8.50. The average molecular weight is 951 g/mol. The van der Waals surface area contributed by atoms with Gasteiger partial charge >= 0.3 is 12.2 Å². The Kier molecular flexibility index (Phi) is 27.1. The monoisotopic (exact) mass is 951 g/mol. The van der Waals surface area contributed by atoms with Crippen LogP contribution in [0.4, 0.5) is 9.59 Å². The Balaban J connectivity index is 0.000000691. The number of aliphatic hydroxyl groups is 2. The van der Waals surface area contributed by atoms with Crippen LogP contribution < -0.4 is 16.0 Å². The topological polar surface area (TPSA) is 246 Å². The minimum atomic E-state index is -3.96.